The molecule has 0 fully saturated rings. The fraction of sp³-hybridized carbons (Fsp3) is 0.125. The predicted octanol–water partition coefficient (Wildman–Crippen LogP) is 3.91. The van der Waals surface area contributed by atoms with Crippen LogP contribution in [0.4, 0.5) is 14.5 Å². The summed E-state index contributed by atoms with van der Waals surface area (Å²) < 4.78 is 26.9. The molecule has 0 heterocycles. The molecule has 0 radical (unpaired) electrons. The van der Waals surface area contributed by atoms with Gasteiger partial charge >= 0.3 is 0 Å². The van der Waals surface area contributed by atoms with Gasteiger partial charge in [-0.05, 0) is 30.3 Å². The van der Waals surface area contributed by atoms with Crippen LogP contribution in [-0.4, -0.2) is 19.2 Å². The highest BCUT2D eigenvalue weighted by molar-refractivity contribution is 5.74. The maximum absolute atomic E-state index is 13.5. The number of phenols is 1. The number of hydrogen-bond acceptors (Lipinski definition) is 2. The number of anilines is 1. The van der Waals surface area contributed by atoms with Gasteiger partial charge in [0.1, 0.15) is 17.4 Å². The summed E-state index contributed by atoms with van der Waals surface area (Å²) in [5, 5.41) is 9.89. The van der Waals surface area contributed by atoms with E-state index in [1.807, 2.05) is 25.1 Å². The van der Waals surface area contributed by atoms with Gasteiger partial charge < -0.3 is 10.0 Å². The van der Waals surface area contributed by atoms with Crippen LogP contribution in [0.5, 0.6) is 5.75 Å². The third kappa shape index (κ3) is 2.96. The molecule has 0 aliphatic rings. The van der Waals surface area contributed by atoms with E-state index in [9.17, 15) is 13.9 Å². The van der Waals surface area contributed by atoms with Crippen LogP contribution >= 0.6 is 0 Å². The predicted molar refractivity (Wildman–Crippen MR) is 77.7 cm³/mol. The molecule has 20 heavy (non-hydrogen) atoms. The quantitative estimate of drug-likeness (QED) is 0.859. The van der Waals surface area contributed by atoms with E-state index in [-0.39, 0.29) is 11.3 Å². The molecule has 0 atom stereocenters. The lowest BCUT2D eigenvalue weighted by atomic mass is 10.1. The maximum Gasteiger partial charge on any atom is 0.133 e. The van der Waals surface area contributed by atoms with Crippen LogP contribution in [-0.2, 0) is 0 Å². The third-order valence-electron chi connectivity index (χ3n) is 2.96. The Morgan fingerprint density at radius 1 is 1.00 bits per heavy atom. The fourth-order valence-corrected chi connectivity index (χ4v) is 1.79. The molecular formula is C16H15F2NO. The first-order valence-electron chi connectivity index (χ1n) is 6.11. The maximum atomic E-state index is 13.5. The number of hydrogen-bond donors (Lipinski definition) is 1. The Kier molecular flexibility index (Phi) is 4.03. The zero-order valence-electron chi connectivity index (χ0n) is 11.3. The van der Waals surface area contributed by atoms with E-state index < -0.39 is 11.6 Å². The minimum Gasteiger partial charge on any atom is -0.507 e. The van der Waals surface area contributed by atoms with Gasteiger partial charge in [-0.25, -0.2) is 8.78 Å². The lowest BCUT2D eigenvalue weighted by Gasteiger charge is -2.13. The Labute approximate surface area is 116 Å². The molecule has 4 heteroatoms. The van der Waals surface area contributed by atoms with Gasteiger partial charge in [0, 0.05) is 37.0 Å². The Balaban J connectivity index is 2.32. The second-order valence-corrected chi connectivity index (χ2v) is 4.61. The third-order valence-corrected chi connectivity index (χ3v) is 2.96. The Morgan fingerprint density at radius 2 is 1.65 bits per heavy atom. The van der Waals surface area contributed by atoms with Gasteiger partial charge in [-0.3, -0.25) is 0 Å². The van der Waals surface area contributed by atoms with Crippen LogP contribution in [0.2, 0.25) is 0 Å². The molecular weight excluding hydrogens is 260 g/mol. The van der Waals surface area contributed by atoms with Gasteiger partial charge in [0.2, 0.25) is 0 Å². The SMILES string of the molecule is CN(C)c1ccc(/C=C/c2c(F)cccc2F)c(O)c1. The van der Waals surface area contributed by atoms with E-state index in [1.165, 1.54) is 30.4 Å². The van der Waals surface area contributed by atoms with Gasteiger partial charge in [-0.2, -0.15) is 0 Å². The first-order chi connectivity index (χ1) is 9.49. The average Bonchev–Trinajstić information content (AvgIpc) is 2.39. The van der Waals surface area contributed by atoms with Crippen molar-refractivity contribution in [3.8, 4) is 5.75 Å². The number of aromatic hydroxyl groups is 1. The molecule has 2 nitrogen and oxygen atoms in total. The van der Waals surface area contributed by atoms with Crippen LogP contribution < -0.4 is 4.90 Å². The Bertz CT molecular complexity index is 631. The first kappa shape index (κ1) is 14.1. The van der Waals surface area contributed by atoms with E-state index in [4.69, 9.17) is 0 Å². The Morgan fingerprint density at radius 3 is 2.20 bits per heavy atom. The second-order valence-electron chi connectivity index (χ2n) is 4.61. The average molecular weight is 275 g/mol. The number of phenolic OH excluding ortho intramolecular Hbond substituents is 1. The summed E-state index contributed by atoms with van der Waals surface area (Å²) in [5.41, 5.74) is 1.22. The van der Waals surface area contributed by atoms with Crippen molar-refractivity contribution >= 4 is 17.8 Å². The van der Waals surface area contributed by atoms with Gasteiger partial charge in [-0.15, -0.1) is 0 Å². The Hall–Kier alpha value is -2.36. The number of nitrogens with zero attached hydrogens (tertiary/aromatic N) is 1. The molecule has 0 aromatic heterocycles. The van der Waals surface area contributed by atoms with E-state index >= 15 is 0 Å². The molecule has 0 bridgehead atoms. The van der Waals surface area contributed by atoms with Gasteiger partial charge in [-0.1, -0.05) is 12.1 Å². The van der Waals surface area contributed by atoms with Crippen molar-refractivity contribution in [2.45, 2.75) is 0 Å². The highest BCUT2D eigenvalue weighted by Gasteiger charge is 2.05. The summed E-state index contributed by atoms with van der Waals surface area (Å²) in [4.78, 5) is 1.85. The van der Waals surface area contributed by atoms with Crippen molar-refractivity contribution in [3.05, 3.63) is 59.2 Å². The summed E-state index contributed by atoms with van der Waals surface area (Å²) in [6.07, 6.45) is 2.80. The van der Waals surface area contributed by atoms with Crippen LogP contribution in [0.3, 0.4) is 0 Å². The smallest absolute Gasteiger partial charge is 0.133 e. The highest BCUT2D eigenvalue weighted by Crippen LogP contribution is 2.26. The topological polar surface area (TPSA) is 23.5 Å². The zero-order chi connectivity index (χ0) is 14.7. The fourth-order valence-electron chi connectivity index (χ4n) is 1.79. The molecule has 0 saturated heterocycles. The zero-order valence-corrected chi connectivity index (χ0v) is 11.3. The molecule has 2 aromatic carbocycles. The van der Waals surface area contributed by atoms with Crippen molar-refractivity contribution in [1.29, 1.82) is 0 Å². The normalized spacial score (nSPS) is 11.0. The van der Waals surface area contributed by atoms with Crippen LogP contribution in [0.15, 0.2) is 36.4 Å². The van der Waals surface area contributed by atoms with Crippen LogP contribution in [0.25, 0.3) is 12.2 Å². The molecule has 104 valence electrons. The highest BCUT2D eigenvalue weighted by atomic mass is 19.1. The van der Waals surface area contributed by atoms with Crippen molar-refractivity contribution in [3.63, 3.8) is 0 Å². The molecule has 1 N–H and O–H groups in total. The van der Waals surface area contributed by atoms with Gasteiger partial charge in [0.25, 0.3) is 0 Å². The number of halogens is 2. The van der Waals surface area contributed by atoms with E-state index in [2.05, 4.69) is 0 Å². The summed E-state index contributed by atoms with van der Waals surface area (Å²) in [6, 6.07) is 8.80. The van der Waals surface area contributed by atoms with E-state index in [0.29, 0.717) is 5.56 Å². The lowest BCUT2D eigenvalue weighted by molar-refractivity contribution is 0.474. The standard InChI is InChI=1S/C16H15F2NO/c1-19(2)12-8-6-11(16(20)10-12)7-9-13-14(17)4-3-5-15(13)18/h3-10,20H,1-2H3/b9-7+. The summed E-state index contributed by atoms with van der Waals surface area (Å²) in [5.74, 6) is -1.21. The largest absolute Gasteiger partial charge is 0.507 e. The number of rotatable bonds is 3. The molecule has 0 spiro atoms. The van der Waals surface area contributed by atoms with Crippen molar-refractivity contribution in [1.82, 2.24) is 0 Å². The van der Waals surface area contributed by atoms with Crippen molar-refractivity contribution in [2.24, 2.45) is 0 Å². The van der Waals surface area contributed by atoms with Crippen molar-refractivity contribution < 1.29 is 13.9 Å². The minimum absolute atomic E-state index is 0.0594. The summed E-state index contributed by atoms with van der Waals surface area (Å²) in [6.45, 7) is 0. The lowest BCUT2D eigenvalue weighted by Crippen LogP contribution is -2.08. The number of benzene rings is 2. The molecule has 0 aliphatic carbocycles. The van der Waals surface area contributed by atoms with Gasteiger partial charge in [0.15, 0.2) is 0 Å². The first-order valence-corrected chi connectivity index (χ1v) is 6.11. The molecule has 0 unspecified atom stereocenters. The van der Waals surface area contributed by atoms with E-state index in [0.717, 1.165) is 5.69 Å². The van der Waals surface area contributed by atoms with E-state index in [1.54, 1.807) is 12.1 Å². The van der Waals surface area contributed by atoms with Crippen LogP contribution in [0.1, 0.15) is 11.1 Å². The molecule has 0 amide bonds. The summed E-state index contributed by atoms with van der Waals surface area (Å²) in [7, 11) is 3.72. The monoisotopic (exact) mass is 275 g/mol. The molecule has 2 aromatic rings. The summed E-state index contributed by atoms with van der Waals surface area (Å²) >= 11 is 0. The molecule has 2 rings (SSSR count). The molecule has 0 saturated carbocycles. The second kappa shape index (κ2) is 5.74. The van der Waals surface area contributed by atoms with Crippen molar-refractivity contribution in [2.75, 3.05) is 19.0 Å². The van der Waals surface area contributed by atoms with Gasteiger partial charge in [0.05, 0.1) is 0 Å². The minimum atomic E-state index is -0.634. The molecule has 0 aliphatic heterocycles. The van der Waals surface area contributed by atoms with Crippen LogP contribution in [0, 0.1) is 11.6 Å².